The molecule has 1 aliphatic heterocycles. The fraction of sp³-hybridized carbons (Fsp3) is 0.625. The molecule has 0 bridgehead atoms. The summed E-state index contributed by atoms with van der Waals surface area (Å²) in [6, 6.07) is 4.75. The van der Waals surface area contributed by atoms with Crippen LogP contribution in [-0.4, -0.2) is 51.2 Å². The molecule has 0 radical (unpaired) electrons. The third-order valence-corrected chi connectivity index (χ3v) is 5.37. The van der Waals surface area contributed by atoms with E-state index in [1.165, 1.54) is 10.4 Å². The molecule has 2 rings (SSSR count). The average molecular weight is 343 g/mol. The molecule has 1 aromatic rings. The standard InChI is InChI=1S/C16H25NO5S/c1-5-20-15-8-7-14(9-16(15)21-6-2)23(18,19)17-10-12(3)22-13(4)11-17/h7-9,12-13H,5-6,10-11H2,1-4H3/t12-,13-/m1/s1. The van der Waals surface area contributed by atoms with Gasteiger partial charge in [0.15, 0.2) is 11.5 Å². The lowest BCUT2D eigenvalue weighted by molar-refractivity contribution is -0.0440. The summed E-state index contributed by atoms with van der Waals surface area (Å²) in [5.74, 6) is 1.00. The van der Waals surface area contributed by atoms with E-state index >= 15 is 0 Å². The Morgan fingerprint density at radius 2 is 1.65 bits per heavy atom. The third kappa shape index (κ3) is 4.16. The molecule has 1 aromatic carbocycles. The first kappa shape index (κ1) is 18.0. The van der Waals surface area contributed by atoms with Crippen molar-refractivity contribution >= 4 is 10.0 Å². The maximum Gasteiger partial charge on any atom is 0.243 e. The van der Waals surface area contributed by atoms with Crippen molar-refractivity contribution in [3.8, 4) is 11.5 Å². The van der Waals surface area contributed by atoms with Crippen molar-refractivity contribution in [2.45, 2.75) is 44.8 Å². The van der Waals surface area contributed by atoms with Crippen molar-refractivity contribution in [2.75, 3.05) is 26.3 Å². The lowest BCUT2D eigenvalue weighted by Crippen LogP contribution is -2.48. The maximum atomic E-state index is 12.9. The average Bonchev–Trinajstić information content (AvgIpc) is 2.48. The van der Waals surface area contributed by atoms with E-state index in [0.29, 0.717) is 37.8 Å². The van der Waals surface area contributed by atoms with E-state index < -0.39 is 10.0 Å². The van der Waals surface area contributed by atoms with Gasteiger partial charge >= 0.3 is 0 Å². The van der Waals surface area contributed by atoms with Gasteiger partial charge in [0, 0.05) is 19.2 Å². The van der Waals surface area contributed by atoms with Crippen LogP contribution in [0.1, 0.15) is 27.7 Å². The van der Waals surface area contributed by atoms with E-state index in [2.05, 4.69) is 0 Å². The van der Waals surface area contributed by atoms with E-state index in [4.69, 9.17) is 14.2 Å². The Kier molecular flexibility index (Phi) is 5.89. The molecule has 1 heterocycles. The van der Waals surface area contributed by atoms with Gasteiger partial charge in [-0.15, -0.1) is 0 Å². The Hall–Kier alpha value is -1.31. The number of hydrogen-bond acceptors (Lipinski definition) is 5. The van der Waals surface area contributed by atoms with Crippen molar-refractivity contribution < 1.29 is 22.6 Å². The molecule has 23 heavy (non-hydrogen) atoms. The highest BCUT2D eigenvalue weighted by Gasteiger charge is 2.32. The Bertz CT molecular complexity index is 621. The Morgan fingerprint density at radius 1 is 1.09 bits per heavy atom. The number of benzene rings is 1. The van der Waals surface area contributed by atoms with E-state index in [9.17, 15) is 8.42 Å². The predicted octanol–water partition coefficient (Wildman–Crippen LogP) is 2.28. The highest BCUT2D eigenvalue weighted by molar-refractivity contribution is 7.89. The molecule has 2 atom stereocenters. The van der Waals surface area contributed by atoms with Crippen LogP contribution in [0.15, 0.2) is 23.1 Å². The molecular formula is C16H25NO5S. The van der Waals surface area contributed by atoms with Crippen LogP contribution >= 0.6 is 0 Å². The van der Waals surface area contributed by atoms with Gasteiger partial charge in [-0.25, -0.2) is 8.42 Å². The van der Waals surface area contributed by atoms with Crippen LogP contribution in [0, 0.1) is 0 Å². The number of sulfonamides is 1. The van der Waals surface area contributed by atoms with E-state index in [0.717, 1.165) is 0 Å². The summed E-state index contributed by atoms with van der Waals surface area (Å²) in [4.78, 5) is 0.214. The topological polar surface area (TPSA) is 65.1 Å². The predicted molar refractivity (Wildman–Crippen MR) is 87.5 cm³/mol. The molecule has 0 amide bonds. The highest BCUT2D eigenvalue weighted by Crippen LogP contribution is 2.32. The van der Waals surface area contributed by atoms with Crippen molar-refractivity contribution in [2.24, 2.45) is 0 Å². The first-order valence-corrected chi connectivity index (χ1v) is 9.37. The smallest absolute Gasteiger partial charge is 0.243 e. The van der Waals surface area contributed by atoms with Gasteiger partial charge in [0.2, 0.25) is 10.0 Å². The summed E-state index contributed by atoms with van der Waals surface area (Å²) in [5.41, 5.74) is 0. The fourth-order valence-corrected chi connectivity index (χ4v) is 4.27. The zero-order chi connectivity index (χ0) is 17.0. The summed E-state index contributed by atoms with van der Waals surface area (Å²) < 4.78 is 43.8. The van der Waals surface area contributed by atoms with Crippen molar-refractivity contribution in [1.82, 2.24) is 4.31 Å². The molecular weight excluding hydrogens is 318 g/mol. The summed E-state index contributed by atoms with van der Waals surface area (Å²) in [6.07, 6.45) is -0.245. The molecule has 130 valence electrons. The number of morpholine rings is 1. The van der Waals surface area contributed by atoms with Gasteiger partial charge in [0.05, 0.1) is 30.3 Å². The zero-order valence-electron chi connectivity index (χ0n) is 14.1. The Morgan fingerprint density at radius 3 is 2.22 bits per heavy atom. The molecule has 0 aromatic heterocycles. The van der Waals surface area contributed by atoms with Gasteiger partial charge in [0.1, 0.15) is 0 Å². The van der Waals surface area contributed by atoms with E-state index in [1.807, 2.05) is 27.7 Å². The van der Waals surface area contributed by atoms with Gasteiger partial charge in [-0.1, -0.05) is 0 Å². The maximum absolute atomic E-state index is 12.9. The molecule has 0 N–H and O–H groups in total. The molecule has 6 nitrogen and oxygen atoms in total. The van der Waals surface area contributed by atoms with Crippen LogP contribution in [0.3, 0.4) is 0 Å². The minimum Gasteiger partial charge on any atom is -0.490 e. The number of ether oxygens (including phenoxy) is 3. The van der Waals surface area contributed by atoms with Gasteiger partial charge in [-0.05, 0) is 39.8 Å². The first-order chi connectivity index (χ1) is 10.9. The zero-order valence-corrected chi connectivity index (χ0v) is 14.9. The van der Waals surface area contributed by atoms with Crippen LogP contribution in [-0.2, 0) is 14.8 Å². The van der Waals surface area contributed by atoms with Crippen molar-refractivity contribution in [3.05, 3.63) is 18.2 Å². The van der Waals surface area contributed by atoms with E-state index in [-0.39, 0.29) is 17.1 Å². The minimum absolute atomic E-state index is 0.123. The van der Waals surface area contributed by atoms with E-state index in [1.54, 1.807) is 12.1 Å². The second kappa shape index (κ2) is 7.51. The largest absolute Gasteiger partial charge is 0.490 e. The normalized spacial score (nSPS) is 22.8. The van der Waals surface area contributed by atoms with Crippen molar-refractivity contribution in [1.29, 1.82) is 0 Å². The summed E-state index contributed by atoms with van der Waals surface area (Å²) in [6.45, 7) is 9.11. The first-order valence-electron chi connectivity index (χ1n) is 7.93. The summed E-state index contributed by atoms with van der Waals surface area (Å²) in [5, 5.41) is 0. The number of rotatable bonds is 6. The minimum atomic E-state index is -3.58. The molecule has 0 saturated carbocycles. The van der Waals surface area contributed by atoms with Gasteiger partial charge in [-0.2, -0.15) is 4.31 Å². The Balaban J connectivity index is 2.33. The van der Waals surface area contributed by atoms with Gasteiger partial charge in [0.25, 0.3) is 0 Å². The second-order valence-corrected chi connectivity index (χ2v) is 7.49. The van der Waals surface area contributed by atoms with Crippen LogP contribution in [0.5, 0.6) is 11.5 Å². The molecule has 0 unspecified atom stereocenters. The molecule has 0 aliphatic carbocycles. The van der Waals surface area contributed by atoms with Crippen LogP contribution in [0.4, 0.5) is 0 Å². The van der Waals surface area contributed by atoms with Gasteiger partial charge in [-0.3, -0.25) is 0 Å². The monoisotopic (exact) mass is 343 g/mol. The lowest BCUT2D eigenvalue weighted by Gasteiger charge is -2.34. The van der Waals surface area contributed by atoms with Crippen LogP contribution < -0.4 is 9.47 Å². The summed E-state index contributed by atoms with van der Waals surface area (Å²) in [7, 11) is -3.58. The van der Waals surface area contributed by atoms with Crippen LogP contribution in [0.2, 0.25) is 0 Å². The lowest BCUT2D eigenvalue weighted by atomic mass is 10.3. The second-order valence-electron chi connectivity index (χ2n) is 5.55. The summed E-state index contributed by atoms with van der Waals surface area (Å²) >= 11 is 0. The van der Waals surface area contributed by atoms with Crippen LogP contribution in [0.25, 0.3) is 0 Å². The molecule has 1 saturated heterocycles. The molecule has 7 heteroatoms. The molecule has 1 fully saturated rings. The number of nitrogens with zero attached hydrogens (tertiary/aromatic N) is 1. The van der Waals surface area contributed by atoms with Crippen molar-refractivity contribution in [3.63, 3.8) is 0 Å². The third-order valence-electron chi connectivity index (χ3n) is 3.54. The molecule has 1 aliphatic rings. The number of hydrogen-bond donors (Lipinski definition) is 0. The fourth-order valence-electron chi connectivity index (χ4n) is 2.67. The Labute approximate surface area is 138 Å². The highest BCUT2D eigenvalue weighted by atomic mass is 32.2. The molecule has 0 spiro atoms. The SMILES string of the molecule is CCOc1ccc(S(=O)(=O)N2C[C@@H](C)O[C@H](C)C2)cc1OCC. The van der Waals surface area contributed by atoms with Gasteiger partial charge < -0.3 is 14.2 Å². The quantitative estimate of drug-likeness (QED) is 0.793.